The number of ketones is 1. The predicted molar refractivity (Wildman–Crippen MR) is 51.2 cm³/mol. The first kappa shape index (κ1) is 8.32. The Morgan fingerprint density at radius 1 is 1.46 bits per heavy atom. The fraction of sp³-hybridized carbons (Fsp3) is 0.100. The van der Waals surface area contributed by atoms with Gasteiger partial charge in [-0.1, -0.05) is 23.7 Å². The molecule has 1 aromatic carbocycles. The summed E-state index contributed by atoms with van der Waals surface area (Å²) in [6.45, 7) is 1.51. The highest BCUT2D eigenvalue weighted by atomic mass is 35.5. The van der Waals surface area contributed by atoms with E-state index in [2.05, 4.69) is 0 Å². The van der Waals surface area contributed by atoms with Gasteiger partial charge < -0.3 is 4.42 Å². The zero-order chi connectivity index (χ0) is 9.42. The third-order valence-corrected chi connectivity index (χ3v) is 2.21. The summed E-state index contributed by atoms with van der Waals surface area (Å²) in [6, 6.07) is 5.30. The van der Waals surface area contributed by atoms with Crippen LogP contribution in [0.15, 0.2) is 28.9 Å². The van der Waals surface area contributed by atoms with Crippen LogP contribution < -0.4 is 0 Å². The quantitative estimate of drug-likeness (QED) is 0.652. The number of fused-ring (bicyclic) bond motifs is 1. The van der Waals surface area contributed by atoms with E-state index >= 15 is 0 Å². The van der Waals surface area contributed by atoms with Gasteiger partial charge in [0.1, 0.15) is 11.8 Å². The molecule has 0 aliphatic rings. The number of halogens is 1. The van der Waals surface area contributed by atoms with Crippen LogP contribution in [-0.2, 0) is 0 Å². The lowest BCUT2D eigenvalue weighted by Gasteiger charge is -1.96. The first-order valence-electron chi connectivity index (χ1n) is 3.87. The maximum atomic E-state index is 11.2. The van der Waals surface area contributed by atoms with Gasteiger partial charge >= 0.3 is 0 Å². The van der Waals surface area contributed by atoms with Crippen LogP contribution in [0.5, 0.6) is 0 Å². The molecule has 2 aromatic rings. The second kappa shape index (κ2) is 2.89. The summed E-state index contributed by atoms with van der Waals surface area (Å²) in [4.78, 5) is 11.2. The Labute approximate surface area is 80.1 Å². The molecule has 0 fully saturated rings. The van der Waals surface area contributed by atoms with Crippen molar-refractivity contribution >= 4 is 28.4 Å². The van der Waals surface area contributed by atoms with E-state index in [1.54, 1.807) is 18.2 Å². The number of hydrogen-bond donors (Lipinski definition) is 0. The molecule has 0 radical (unpaired) electrons. The van der Waals surface area contributed by atoms with Gasteiger partial charge in [-0.25, -0.2) is 0 Å². The number of carbonyl (C=O) groups is 1. The van der Waals surface area contributed by atoms with Crippen LogP contribution >= 0.6 is 11.6 Å². The Kier molecular flexibility index (Phi) is 1.85. The molecule has 0 saturated carbocycles. The molecule has 13 heavy (non-hydrogen) atoms. The highest BCUT2D eigenvalue weighted by molar-refractivity contribution is 6.36. The normalized spacial score (nSPS) is 10.6. The topological polar surface area (TPSA) is 30.2 Å². The minimum absolute atomic E-state index is 0.00565. The van der Waals surface area contributed by atoms with Gasteiger partial charge in [-0.3, -0.25) is 4.79 Å². The van der Waals surface area contributed by atoms with Crippen LogP contribution in [0.3, 0.4) is 0 Å². The van der Waals surface area contributed by atoms with Crippen LogP contribution in [0.2, 0.25) is 5.02 Å². The molecule has 1 aromatic heterocycles. The summed E-state index contributed by atoms with van der Waals surface area (Å²) in [5.41, 5.74) is 1.26. The summed E-state index contributed by atoms with van der Waals surface area (Å²) < 4.78 is 5.16. The van der Waals surface area contributed by atoms with Crippen molar-refractivity contribution < 1.29 is 9.21 Å². The number of hydrogen-bond acceptors (Lipinski definition) is 2. The summed E-state index contributed by atoms with van der Waals surface area (Å²) in [5.74, 6) is -0.00565. The van der Waals surface area contributed by atoms with Crippen LogP contribution in [0, 0.1) is 0 Å². The molecule has 3 heteroatoms. The average Bonchev–Trinajstić information content (AvgIpc) is 2.48. The molecule has 2 nitrogen and oxygen atoms in total. The van der Waals surface area contributed by atoms with Crippen molar-refractivity contribution in [3.63, 3.8) is 0 Å². The Balaban J connectivity index is 2.88. The van der Waals surface area contributed by atoms with E-state index in [4.69, 9.17) is 16.0 Å². The molecule has 0 N–H and O–H groups in total. The zero-order valence-electron chi connectivity index (χ0n) is 7.00. The van der Waals surface area contributed by atoms with E-state index in [0.717, 1.165) is 0 Å². The molecule has 0 saturated heterocycles. The zero-order valence-corrected chi connectivity index (χ0v) is 7.76. The Morgan fingerprint density at radius 2 is 2.23 bits per heavy atom. The van der Waals surface area contributed by atoms with Crippen molar-refractivity contribution in [2.24, 2.45) is 0 Å². The summed E-state index contributed by atoms with van der Waals surface area (Å²) >= 11 is 5.88. The Bertz CT molecular complexity index is 471. The van der Waals surface area contributed by atoms with E-state index in [9.17, 15) is 4.79 Å². The lowest BCUT2D eigenvalue weighted by Crippen LogP contribution is -1.91. The fourth-order valence-corrected chi connectivity index (χ4v) is 1.58. The number of carbonyl (C=O) groups excluding carboxylic acids is 1. The van der Waals surface area contributed by atoms with Crippen molar-refractivity contribution in [1.82, 2.24) is 0 Å². The highest BCUT2D eigenvalue weighted by Crippen LogP contribution is 2.28. The van der Waals surface area contributed by atoms with Crippen LogP contribution in [0.4, 0.5) is 0 Å². The average molecular weight is 195 g/mol. The smallest absolute Gasteiger partial charge is 0.160 e. The first-order chi connectivity index (χ1) is 6.20. The molecule has 0 unspecified atom stereocenters. The monoisotopic (exact) mass is 194 g/mol. The van der Waals surface area contributed by atoms with Gasteiger partial charge in [-0.15, -0.1) is 0 Å². The minimum atomic E-state index is -0.00565. The van der Waals surface area contributed by atoms with Crippen molar-refractivity contribution in [2.75, 3.05) is 0 Å². The summed E-state index contributed by atoms with van der Waals surface area (Å²) in [7, 11) is 0. The van der Waals surface area contributed by atoms with E-state index < -0.39 is 0 Å². The molecular weight excluding hydrogens is 188 g/mol. The minimum Gasteiger partial charge on any atom is -0.463 e. The van der Waals surface area contributed by atoms with Crippen LogP contribution in [0.1, 0.15) is 17.3 Å². The largest absolute Gasteiger partial charge is 0.463 e. The standard InChI is InChI=1S/C10H7ClO2/c1-6(12)7-3-2-4-9-10(7)8(11)5-13-9/h2-5H,1H3. The summed E-state index contributed by atoms with van der Waals surface area (Å²) in [5, 5.41) is 1.19. The van der Waals surface area contributed by atoms with E-state index in [-0.39, 0.29) is 5.78 Å². The Hall–Kier alpha value is -1.28. The van der Waals surface area contributed by atoms with Crippen molar-refractivity contribution in [3.05, 3.63) is 35.0 Å². The lowest BCUT2D eigenvalue weighted by atomic mass is 10.1. The number of Topliss-reactive ketones (excluding diaryl/α,β-unsaturated/α-hetero) is 1. The van der Waals surface area contributed by atoms with Crippen LogP contribution in [0.25, 0.3) is 11.0 Å². The summed E-state index contributed by atoms with van der Waals surface area (Å²) in [6.07, 6.45) is 1.44. The van der Waals surface area contributed by atoms with Crippen molar-refractivity contribution in [2.45, 2.75) is 6.92 Å². The second-order valence-electron chi connectivity index (χ2n) is 2.82. The predicted octanol–water partition coefficient (Wildman–Crippen LogP) is 3.29. The van der Waals surface area contributed by atoms with E-state index in [1.807, 2.05) is 0 Å². The first-order valence-corrected chi connectivity index (χ1v) is 4.24. The van der Waals surface area contributed by atoms with Gasteiger partial charge in [0.15, 0.2) is 5.78 Å². The molecule has 0 amide bonds. The molecule has 2 rings (SSSR count). The van der Waals surface area contributed by atoms with Gasteiger partial charge in [0.25, 0.3) is 0 Å². The maximum absolute atomic E-state index is 11.2. The van der Waals surface area contributed by atoms with Gasteiger partial charge in [0, 0.05) is 10.9 Å². The van der Waals surface area contributed by atoms with E-state index in [0.29, 0.717) is 21.6 Å². The molecule has 0 aliphatic heterocycles. The number of rotatable bonds is 1. The van der Waals surface area contributed by atoms with E-state index in [1.165, 1.54) is 13.2 Å². The Morgan fingerprint density at radius 3 is 2.92 bits per heavy atom. The van der Waals surface area contributed by atoms with Gasteiger partial charge in [-0.05, 0) is 13.0 Å². The third kappa shape index (κ3) is 1.23. The molecule has 66 valence electrons. The number of benzene rings is 1. The SMILES string of the molecule is CC(=O)c1cccc2occ(Cl)c12. The third-order valence-electron chi connectivity index (χ3n) is 1.93. The molecule has 0 bridgehead atoms. The lowest BCUT2D eigenvalue weighted by molar-refractivity contribution is 0.101. The van der Waals surface area contributed by atoms with Gasteiger partial charge in [-0.2, -0.15) is 0 Å². The molecule has 0 spiro atoms. The highest BCUT2D eigenvalue weighted by Gasteiger charge is 2.10. The molecule has 0 atom stereocenters. The van der Waals surface area contributed by atoms with Gasteiger partial charge in [0.05, 0.1) is 5.02 Å². The maximum Gasteiger partial charge on any atom is 0.160 e. The van der Waals surface area contributed by atoms with Crippen LogP contribution in [-0.4, -0.2) is 5.78 Å². The van der Waals surface area contributed by atoms with Gasteiger partial charge in [0.2, 0.25) is 0 Å². The molecular formula is C10H7ClO2. The second-order valence-corrected chi connectivity index (χ2v) is 3.23. The molecule has 0 aliphatic carbocycles. The van der Waals surface area contributed by atoms with Crippen molar-refractivity contribution in [3.8, 4) is 0 Å². The molecule has 1 heterocycles. The number of furan rings is 1. The van der Waals surface area contributed by atoms with Crippen molar-refractivity contribution in [1.29, 1.82) is 0 Å². The fourth-order valence-electron chi connectivity index (χ4n) is 1.34.